The Morgan fingerprint density at radius 3 is 2.77 bits per heavy atom. The molecule has 3 aromatic rings. The molecular weight excluding hydrogens is 408 g/mol. The molecule has 4 rings (SSSR count). The van der Waals surface area contributed by atoms with E-state index in [0.29, 0.717) is 25.1 Å². The van der Waals surface area contributed by atoms with E-state index in [0.717, 1.165) is 12.1 Å². The van der Waals surface area contributed by atoms with Crippen molar-refractivity contribution in [1.29, 1.82) is 0 Å². The maximum Gasteiger partial charge on any atom is 0.276 e. The number of halogens is 2. The number of hydrogen-bond acceptors (Lipinski definition) is 6. The van der Waals surface area contributed by atoms with Gasteiger partial charge in [0.2, 0.25) is 0 Å². The standard InChI is InChI=1S/C22H19F2N3O4/c23-17-7-6-15(10-18(17)24)30-13-16-11-20(26-31-16)22(29)27-9-3-4-14(12-27)21(28)19-5-1-2-8-25-19/h1-2,5-8,10-11,14H,3-4,9,12-13H2. The Morgan fingerprint density at radius 2 is 2.00 bits per heavy atom. The number of nitrogens with zero attached hydrogens (tertiary/aromatic N) is 3. The third-order valence-electron chi connectivity index (χ3n) is 5.05. The Hall–Kier alpha value is -3.62. The van der Waals surface area contributed by atoms with Gasteiger partial charge in [-0.15, -0.1) is 0 Å². The SMILES string of the molecule is O=C(c1ccccn1)C1CCCN(C(=O)c2cc(COc3ccc(F)c(F)c3)on2)C1. The van der Waals surface area contributed by atoms with Crippen molar-refractivity contribution in [3.8, 4) is 5.75 Å². The third-order valence-corrected chi connectivity index (χ3v) is 5.05. The molecule has 1 amide bonds. The van der Waals surface area contributed by atoms with E-state index in [1.807, 2.05) is 0 Å². The van der Waals surface area contributed by atoms with Gasteiger partial charge in [0.05, 0.1) is 0 Å². The maximum absolute atomic E-state index is 13.2. The summed E-state index contributed by atoms with van der Waals surface area (Å²) in [5, 5.41) is 3.79. The van der Waals surface area contributed by atoms with Crippen molar-refractivity contribution < 1.29 is 27.6 Å². The van der Waals surface area contributed by atoms with E-state index in [1.165, 1.54) is 12.1 Å². The summed E-state index contributed by atoms with van der Waals surface area (Å²) in [7, 11) is 0. The second-order valence-electron chi connectivity index (χ2n) is 7.21. The lowest BCUT2D eigenvalue weighted by Crippen LogP contribution is -2.42. The number of aromatic nitrogens is 2. The van der Waals surface area contributed by atoms with Gasteiger partial charge in [0.15, 0.2) is 28.9 Å². The largest absolute Gasteiger partial charge is 0.485 e. The fourth-order valence-corrected chi connectivity index (χ4v) is 3.46. The van der Waals surface area contributed by atoms with Crippen LogP contribution in [0.1, 0.15) is 39.6 Å². The van der Waals surface area contributed by atoms with E-state index in [1.54, 1.807) is 29.3 Å². The van der Waals surface area contributed by atoms with E-state index < -0.39 is 11.6 Å². The summed E-state index contributed by atoms with van der Waals surface area (Å²) >= 11 is 0. The predicted molar refractivity (Wildman–Crippen MR) is 104 cm³/mol. The molecule has 0 spiro atoms. The quantitative estimate of drug-likeness (QED) is 0.558. The van der Waals surface area contributed by atoms with Crippen LogP contribution in [-0.2, 0) is 6.61 Å². The number of carbonyl (C=O) groups is 2. The summed E-state index contributed by atoms with van der Waals surface area (Å²) in [6.07, 6.45) is 2.95. The van der Waals surface area contributed by atoms with Gasteiger partial charge in [-0.1, -0.05) is 11.2 Å². The van der Waals surface area contributed by atoms with Crippen LogP contribution in [-0.4, -0.2) is 39.8 Å². The molecule has 1 aliphatic rings. The molecule has 3 heterocycles. The van der Waals surface area contributed by atoms with Crippen molar-refractivity contribution in [2.24, 2.45) is 5.92 Å². The summed E-state index contributed by atoms with van der Waals surface area (Å²) in [4.78, 5) is 31.2. The average molecular weight is 427 g/mol. The lowest BCUT2D eigenvalue weighted by atomic mass is 9.91. The van der Waals surface area contributed by atoms with Crippen molar-refractivity contribution in [3.05, 3.63) is 77.4 Å². The summed E-state index contributed by atoms with van der Waals surface area (Å²) in [6, 6.07) is 9.76. The lowest BCUT2D eigenvalue weighted by molar-refractivity contribution is 0.0627. The molecule has 1 aliphatic heterocycles. The van der Waals surface area contributed by atoms with Gasteiger partial charge in [0.1, 0.15) is 18.1 Å². The Kier molecular flexibility index (Phi) is 6.01. The van der Waals surface area contributed by atoms with Crippen molar-refractivity contribution in [2.75, 3.05) is 13.1 Å². The maximum atomic E-state index is 13.2. The topological polar surface area (TPSA) is 85.5 Å². The fraction of sp³-hybridized carbons (Fsp3) is 0.273. The van der Waals surface area contributed by atoms with Crippen molar-refractivity contribution in [1.82, 2.24) is 15.0 Å². The van der Waals surface area contributed by atoms with Crippen LogP contribution in [0.4, 0.5) is 8.78 Å². The van der Waals surface area contributed by atoms with Crippen LogP contribution in [0.5, 0.6) is 5.75 Å². The van der Waals surface area contributed by atoms with Gasteiger partial charge in [0.25, 0.3) is 5.91 Å². The lowest BCUT2D eigenvalue weighted by Gasteiger charge is -2.31. The van der Waals surface area contributed by atoms with Gasteiger partial charge in [-0.3, -0.25) is 14.6 Å². The Morgan fingerprint density at radius 1 is 1.13 bits per heavy atom. The molecule has 0 bridgehead atoms. The number of piperidine rings is 1. The zero-order chi connectivity index (χ0) is 21.8. The molecule has 2 aromatic heterocycles. The smallest absolute Gasteiger partial charge is 0.276 e. The Labute approximate surface area is 176 Å². The first-order valence-electron chi connectivity index (χ1n) is 9.79. The molecule has 1 fully saturated rings. The van der Waals surface area contributed by atoms with Crippen molar-refractivity contribution >= 4 is 11.7 Å². The molecule has 1 aromatic carbocycles. The molecule has 9 heteroatoms. The number of Topliss-reactive ketones (excluding diaryl/α,β-unsaturated/α-hetero) is 1. The van der Waals surface area contributed by atoms with Crippen LogP contribution in [0, 0.1) is 17.6 Å². The first-order chi connectivity index (χ1) is 15.0. The number of amides is 1. The first kappa shape index (κ1) is 20.6. The van der Waals surface area contributed by atoms with Gasteiger partial charge in [0, 0.05) is 37.3 Å². The number of ether oxygens (including phenoxy) is 1. The average Bonchev–Trinajstić information content (AvgIpc) is 3.28. The van der Waals surface area contributed by atoms with E-state index in [4.69, 9.17) is 9.26 Å². The summed E-state index contributed by atoms with van der Waals surface area (Å²) in [5.74, 6) is -2.37. The molecule has 0 N–H and O–H groups in total. The third kappa shape index (κ3) is 4.76. The van der Waals surface area contributed by atoms with Crippen LogP contribution >= 0.6 is 0 Å². The van der Waals surface area contributed by atoms with Gasteiger partial charge >= 0.3 is 0 Å². The Bertz CT molecular complexity index is 1090. The number of hydrogen-bond donors (Lipinski definition) is 0. The minimum Gasteiger partial charge on any atom is -0.485 e. The molecule has 0 aliphatic carbocycles. The molecule has 1 saturated heterocycles. The van der Waals surface area contributed by atoms with Crippen LogP contribution in [0.15, 0.2) is 53.2 Å². The van der Waals surface area contributed by atoms with E-state index in [-0.39, 0.29) is 48.0 Å². The van der Waals surface area contributed by atoms with E-state index >= 15 is 0 Å². The Balaban J connectivity index is 1.37. The van der Waals surface area contributed by atoms with Crippen molar-refractivity contribution in [3.63, 3.8) is 0 Å². The number of pyridine rings is 1. The molecule has 7 nitrogen and oxygen atoms in total. The van der Waals surface area contributed by atoms with Crippen LogP contribution in [0.3, 0.4) is 0 Å². The number of carbonyl (C=O) groups excluding carboxylic acids is 2. The van der Waals surface area contributed by atoms with E-state index in [9.17, 15) is 18.4 Å². The van der Waals surface area contributed by atoms with Crippen LogP contribution in [0.25, 0.3) is 0 Å². The van der Waals surface area contributed by atoms with Crippen molar-refractivity contribution in [2.45, 2.75) is 19.4 Å². The van der Waals surface area contributed by atoms with E-state index in [2.05, 4.69) is 10.1 Å². The second-order valence-corrected chi connectivity index (χ2v) is 7.21. The molecule has 1 unspecified atom stereocenters. The normalized spacial score (nSPS) is 16.2. The molecular formula is C22H19F2N3O4. The zero-order valence-electron chi connectivity index (χ0n) is 16.5. The van der Waals surface area contributed by atoms with Gasteiger partial charge in [-0.25, -0.2) is 8.78 Å². The number of benzene rings is 1. The van der Waals surface area contributed by atoms with Gasteiger partial charge in [-0.05, 0) is 37.1 Å². The highest BCUT2D eigenvalue weighted by Crippen LogP contribution is 2.22. The highest BCUT2D eigenvalue weighted by molar-refractivity contribution is 5.97. The monoisotopic (exact) mass is 427 g/mol. The highest BCUT2D eigenvalue weighted by atomic mass is 19.2. The van der Waals surface area contributed by atoms with Gasteiger partial charge < -0.3 is 14.2 Å². The highest BCUT2D eigenvalue weighted by Gasteiger charge is 2.31. The molecule has 0 saturated carbocycles. The number of likely N-dealkylation sites (tertiary alicyclic amines) is 1. The minimum absolute atomic E-state index is 0.0844. The fourth-order valence-electron chi connectivity index (χ4n) is 3.46. The number of rotatable bonds is 6. The predicted octanol–water partition coefficient (Wildman–Crippen LogP) is 3.66. The summed E-state index contributed by atoms with van der Waals surface area (Å²) in [5.41, 5.74) is 0.481. The molecule has 0 radical (unpaired) electrons. The molecule has 160 valence electrons. The summed E-state index contributed by atoms with van der Waals surface area (Å²) in [6.45, 7) is 0.687. The first-order valence-corrected chi connectivity index (χ1v) is 9.79. The summed E-state index contributed by atoms with van der Waals surface area (Å²) < 4.78 is 36.7. The second kappa shape index (κ2) is 9.03. The van der Waals surface area contributed by atoms with Crippen LogP contribution in [0.2, 0.25) is 0 Å². The minimum atomic E-state index is -1.02. The zero-order valence-corrected chi connectivity index (χ0v) is 16.5. The molecule has 1 atom stereocenters. The molecule has 31 heavy (non-hydrogen) atoms. The van der Waals surface area contributed by atoms with Crippen LogP contribution < -0.4 is 4.74 Å². The van der Waals surface area contributed by atoms with Gasteiger partial charge in [-0.2, -0.15) is 0 Å². The number of ketones is 1.